The lowest BCUT2D eigenvalue weighted by molar-refractivity contribution is -0.129. The molecule has 1 atom stereocenters. The predicted octanol–water partition coefficient (Wildman–Crippen LogP) is 3.28. The van der Waals surface area contributed by atoms with Crippen LogP contribution in [0.15, 0.2) is 24.3 Å². The zero-order chi connectivity index (χ0) is 14.9. The third-order valence-electron chi connectivity index (χ3n) is 3.42. The molecule has 4 heteroatoms. The van der Waals surface area contributed by atoms with Crippen molar-refractivity contribution < 1.29 is 4.79 Å². The fourth-order valence-electron chi connectivity index (χ4n) is 2.23. The highest BCUT2D eigenvalue weighted by Gasteiger charge is 2.25. The zero-order valence-corrected chi connectivity index (χ0v) is 12.9. The number of hydrogen-bond acceptors (Lipinski definition) is 2. The number of hydrogen-bond donors (Lipinski definition) is 1. The molecule has 108 valence electrons. The molecule has 1 unspecified atom stereocenters. The number of imidazole rings is 1. The second-order valence-electron chi connectivity index (χ2n) is 6.15. The van der Waals surface area contributed by atoms with Gasteiger partial charge in [0.05, 0.1) is 17.1 Å². The van der Waals surface area contributed by atoms with E-state index in [2.05, 4.69) is 27.9 Å². The molecule has 0 aliphatic heterocycles. The molecule has 4 nitrogen and oxygen atoms in total. The van der Waals surface area contributed by atoms with Crippen molar-refractivity contribution in [1.29, 1.82) is 0 Å². The van der Waals surface area contributed by atoms with Gasteiger partial charge in [-0.2, -0.15) is 0 Å². The normalized spacial score (nSPS) is 13.4. The lowest BCUT2D eigenvalue weighted by Gasteiger charge is -2.22. The minimum Gasteiger partial charge on any atom is -0.346 e. The summed E-state index contributed by atoms with van der Waals surface area (Å²) in [5.41, 5.74) is 1.69. The predicted molar refractivity (Wildman–Crippen MR) is 81.4 cm³/mol. The molecule has 0 fully saturated rings. The fraction of sp³-hybridized carbons (Fsp3) is 0.500. The molecule has 0 aliphatic rings. The van der Waals surface area contributed by atoms with Crippen LogP contribution in [0.5, 0.6) is 0 Å². The molecule has 0 radical (unpaired) electrons. The second-order valence-corrected chi connectivity index (χ2v) is 6.15. The fourth-order valence-corrected chi connectivity index (χ4v) is 2.23. The number of para-hydroxylation sites is 2. The third kappa shape index (κ3) is 2.69. The first kappa shape index (κ1) is 14.6. The Labute approximate surface area is 120 Å². The first-order valence-electron chi connectivity index (χ1n) is 7.10. The van der Waals surface area contributed by atoms with Crippen molar-refractivity contribution in [1.82, 2.24) is 14.9 Å². The highest BCUT2D eigenvalue weighted by atomic mass is 16.2. The van der Waals surface area contributed by atoms with Gasteiger partial charge in [-0.15, -0.1) is 0 Å². The summed E-state index contributed by atoms with van der Waals surface area (Å²) in [6.07, 6.45) is 0. The van der Waals surface area contributed by atoms with Crippen LogP contribution in [0.3, 0.4) is 0 Å². The average Bonchev–Trinajstić information content (AvgIpc) is 2.75. The van der Waals surface area contributed by atoms with Crippen LogP contribution in [-0.2, 0) is 11.3 Å². The van der Waals surface area contributed by atoms with Gasteiger partial charge in [0.25, 0.3) is 0 Å². The molecule has 1 aromatic heterocycles. The van der Waals surface area contributed by atoms with E-state index in [1.807, 2.05) is 45.9 Å². The van der Waals surface area contributed by atoms with Crippen molar-refractivity contribution in [3.05, 3.63) is 30.1 Å². The maximum atomic E-state index is 12.1. The van der Waals surface area contributed by atoms with Crippen LogP contribution >= 0.6 is 0 Å². The number of carbonyl (C=O) groups excluding carboxylic acids is 1. The van der Waals surface area contributed by atoms with Crippen molar-refractivity contribution in [3.8, 4) is 0 Å². The van der Waals surface area contributed by atoms with Crippen LogP contribution in [-0.4, -0.2) is 15.5 Å². The second kappa shape index (κ2) is 5.27. The highest BCUT2D eigenvalue weighted by Crippen LogP contribution is 2.22. The summed E-state index contributed by atoms with van der Waals surface area (Å²) < 4.78 is 2.16. The largest absolute Gasteiger partial charge is 0.346 e. The van der Waals surface area contributed by atoms with E-state index in [0.717, 1.165) is 23.4 Å². The number of fused-ring (bicyclic) bond motifs is 1. The first-order valence-corrected chi connectivity index (χ1v) is 7.10. The molecule has 1 amide bonds. The molecular weight excluding hydrogens is 250 g/mol. The monoisotopic (exact) mass is 273 g/mol. The van der Waals surface area contributed by atoms with Crippen molar-refractivity contribution in [2.24, 2.45) is 5.41 Å². The van der Waals surface area contributed by atoms with Crippen molar-refractivity contribution in [3.63, 3.8) is 0 Å². The number of aromatic nitrogens is 2. The third-order valence-corrected chi connectivity index (χ3v) is 3.42. The Morgan fingerprint density at radius 1 is 1.35 bits per heavy atom. The van der Waals surface area contributed by atoms with Crippen molar-refractivity contribution in [2.45, 2.75) is 47.2 Å². The molecule has 1 N–H and O–H groups in total. The summed E-state index contributed by atoms with van der Waals surface area (Å²) in [5, 5.41) is 3.05. The lowest BCUT2D eigenvalue weighted by Crippen LogP contribution is -2.37. The van der Waals surface area contributed by atoms with Crippen LogP contribution < -0.4 is 5.32 Å². The van der Waals surface area contributed by atoms with E-state index in [-0.39, 0.29) is 11.9 Å². The number of carbonyl (C=O) groups is 1. The number of amides is 1. The molecule has 1 aromatic carbocycles. The van der Waals surface area contributed by atoms with Gasteiger partial charge in [-0.1, -0.05) is 32.9 Å². The number of aryl methyl sites for hydroxylation is 1. The number of benzene rings is 1. The standard InChI is InChI=1S/C16H23N3O/c1-6-19-13-10-8-7-9-12(13)18-14(19)11(2)17-15(20)16(3,4)5/h7-11H,6H2,1-5H3,(H,17,20). The van der Waals surface area contributed by atoms with Gasteiger partial charge >= 0.3 is 0 Å². The van der Waals surface area contributed by atoms with E-state index in [1.54, 1.807) is 0 Å². The molecule has 0 saturated carbocycles. The molecule has 2 aromatic rings. The number of nitrogens with zero attached hydrogens (tertiary/aromatic N) is 2. The van der Waals surface area contributed by atoms with Gasteiger partial charge in [0.15, 0.2) is 0 Å². The summed E-state index contributed by atoms with van der Waals surface area (Å²) in [7, 11) is 0. The summed E-state index contributed by atoms with van der Waals surface area (Å²) in [6, 6.07) is 7.96. The smallest absolute Gasteiger partial charge is 0.225 e. The summed E-state index contributed by atoms with van der Waals surface area (Å²) in [4.78, 5) is 16.8. The summed E-state index contributed by atoms with van der Waals surface area (Å²) >= 11 is 0. The van der Waals surface area contributed by atoms with E-state index >= 15 is 0 Å². The molecule has 0 aliphatic carbocycles. The van der Waals surface area contributed by atoms with Crippen LogP contribution in [0.4, 0.5) is 0 Å². The molecule has 1 heterocycles. The van der Waals surface area contributed by atoms with Crippen LogP contribution in [0, 0.1) is 5.41 Å². The van der Waals surface area contributed by atoms with Gasteiger partial charge < -0.3 is 9.88 Å². The number of rotatable bonds is 3. The Kier molecular flexibility index (Phi) is 3.84. The summed E-state index contributed by atoms with van der Waals surface area (Å²) in [5.74, 6) is 0.950. The zero-order valence-electron chi connectivity index (χ0n) is 12.9. The molecular formula is C16H23N3O. The van der Waals surface area contributed by atoms with Crippen molar-refractivity contribution in [2.75, 3.05) is 0 Å². The Morgan fingerprint density at radius 3 is 2.60 bits per heavy atom. The maximum Gasteiger partial charge on any atom is 0.225 e. The Bertz CT molecular complexity index is 622. The van der Waals surface area contributed by atoms with Gasteiger partial charge in [0.2, 0.25) is 5.91 Å². The van der Waals surface area contributed by atoms with Crippen LogP contribution in [0.25, 0.3) is 11.0 Å². The van der Waals surface area contributed by atoms with Gasteiger partial charge in [0, 0.05) is 12.0 Å². The Balaban J connectivity index is 2.35. The van der Waals surface area contributed by atoms with Gasteiger partial charge in [0.1, 0.15) is 5.82 Å². The van der Waals surface area contributed by atoms with E-state index in [9.17, 15) is 4.79 Å². The molecule has 0 bridgehead atoms. The lowest BCUT2D eigenvalue weighted by atomic mass is 9.95. The molecule has 0 spiro atoms. The average molecular weight is 273 g/mol. The van der Waals surface area contributed by atoms with Gasteiger partial charge in [-0.25, -0.2) is 4.98 Å². The van der Waals surface area contributed by atoms with E-state index in [0.29, 0.717) is 0 Å². The molecule has 2 rings (SSSR count). The Morgan fingerprint density at radius 2 is 2.00 bits per heavy atom. The van der Waals surface area contributed by atoms with E-state index < -0.39 is 5.41 Å². The van der Waals surface area contributed by atoms with E-state index in [1.165, 1.54) is 0 Å². The molecule has 20 heavy (non-hydrogen) atoms. The Hall–Kier alpha value is -1.84. The maximum absolute atomic E-state index is 12.1. The van der Waals surface area contributed by atoms with Crippen molar-refractivity contribution >= 4 is 16.9 Å². The molecule has 0 saturated heterocycles. The van der Waals surface area contributed by atoms with Crippen LogP contribution in [0.1, 0.15) is 46.5 Å². The first-order chi connectivity index (χ1) is 9.34. The van der Waals surface area contributed by atoms with Gasteiger partial charge in [-0.05, 0) is 26.0 Å². The van der Waals surface area contributed by atoms with Crippen LogP contribution in [0.2, 0.25) is 0 Å². The summed E-state index contributed by atoms with van der Waals surface area (Å²) in [6.45, 7) is 10.7. The minimum absolute atomic E-state index is 0.0414. The topological polar surface area (TPSA) is 46.9 Å². The van der Waals surface area contributed by atoms with Gasteiger partial charge in [-0.3, -0.25) is 4.79 Å². The SMILES string of the molecule is CCn1c(C(C)NC(=O)C(C)(C)C)nc2ccccc21. The number of nitrogens with one attached hydrogen (secondary N) is 1. The quantitative estimate of drug-likeness (QED) is 0.933. The minimum atomic E-state index is -0.392. The highest BCUT2D eigenvalue weighted by molar-refractivity contribution is 5.82. The van der Waals surface area contributed by atoms with E-state index in [4.69, 9.17) is 0 Å².